The topological polar surface area (TPSA) is 149 Å². The first kappa shape index (κ1) is 29.0. The summed E-state index contributed by atoms with van der Waals surface area (Å²) in [6.45, 7) is 7.11. The third-order valence-electron chi connectivity index (χ3n) is 6.07. The van der Waals surface area contributed by atoms with Crippen LogP contribution in [0.15, 0.2) is 41.7 Å². The molecule has 0 aliphatic heterocycles. The fraction of sp³-hybridized carbons (Fsp3) is 0.500. The Morgan fingerprint density at radius 2 is 2.05 bits per heavy atom. The quantitative estimate of drug-likeness (QED) is 0.313. The van der Waals surface area contributed by atoms with Crippen LogP contribution in [-0.4, -0.2) is 71.9 Å². The molecule has 2 aromatic heterocycles. The Kier molecular flexibility index (Phi) is 9.35. The molecule has 0 bridgehead atoms. The SMILES string of the molecule is CC(C)(C)OC(=O)N(CCCNc1nccn(CC(=O)NCc2cc(Cl)ccc2-n2cnnn2)c1=O)CC1CC1. The van der Waals surface area contributed by atoms with Gasteiger partial charge in [-0.05, 0) is 80.1 Å². The summed E-state index contributed by atoms with van der Waals surface area (Å²) in [6, 6.07) is 5.18. The van der Waals surface area contributed by atoms with Crippen LogP contribution in [0.5, 0.6) is 0 Å². The molecule has 13 nitrogen and oxygen atoms in total. The van der Waals surface area contributed by atoms with E-state index in [0.717, 1.165) is 12.8 Å². The number of amides is 2. The van der Waals surface area contributed by atoms with Crippen LogP contribution in [-0.2, 0) is 22.6 Å². The van der Waals surface area contributed by atoms with E-state index in [1.54, 1.807) is 23.1 Å². The second-order valence-electron chi connectivity index (χ2n) is 10.7. The molecule has 0 atom stereocenters. The summed E-state index contributed by atoms with van der Waals surface area (Å²) in [5.74, 6) is 0.298. The fourth-order valence-electron chi connectivity index (χ4n) is 3.96. The highest BCUT2D eigenvalue weighted by Gasteiger charge is 2.29. The lowest BCUT2D eigenvalue weighted by Gasteiger charge is -2.27. The van der Waals surface area contributed by atoms with Crippen molar-refractivity contribution in [2.45, 2.75) is 58.7 Å². The third-order valence-corrected chi connectivity index (χ3v) is 6.30. The zero-order valence-corrected chi connectivity index (χ0v) is 23.6. The molecule has 1 fully saturated rings. The largest absolute Gasteiger partial charge is 0.444 e. The molecule has 1 aromatic carbocycles. The van der Waals surface area contributed by atoms with E-state index < -0.39 is 11.2 Å². The minimum atomic E-state index is -0.562. The van der Waals surface area contributed by atoms with Crippen LogP contribution < -0.4 is 16.2 Å². The Labute approximate surface area is 236 Å². The van der Waals surface area contributed by atoms with Crippen LogP contribution >= 0.6 is 11.6 Å². The van der Waals surface area contributed by atoms with E-state index in [9.17, 15) is 14.4 Å². The van der Waals surface area contributed by atoms with Crippen LogP contribution in [0, 0.1) is 5.92 Å². The summed E-state index contributed by atoms with van der Waals surface area (Å²) in [7, 11) is 0. The van der Waals surface area contributed by atoms with Gasteiger partial charge >= 0.3 is 6.09 Å². The van der Waals surface area contributed by atoms with Crippen molar-refractivity contribution in [1.29, 1.82) is 0 Å². The predicted octanol–water partition coefficient (Wildman–Crippen LogP) is 2.64. The standard InChI is InChI=1S/C26H34ClN9O4/c1-26(2,3)40-25(39)35(15-18-5-6-18)11-4-9-28-23-24(38)34(12-10-29-23)16-22(37)30-14-19-13-20(27)7-8-21(19)36-17-31-32-33-36/h7-8,10,12-13,17-18H,4-6,9,11,14-16H2,1-3H3,(H,28,29)(H,30,37). The molecule has 1 saturated carbocycles. The number of nitrogens with one attached hydrogen (secondary N) is 2. The highest BCUT2D eigenvalue weighted by atomic mass is 35.5. The van der Waals surface area contributed by atoms with Gasteiger partial charge in [-0.1, -0.05) is 11.6 Å². The van der Waals surface area contributed by atoms with Gasteiger partial charge in [-0.2, -0.15) is 0 Å². The number of benzene rings is 1. The molecule has 0 unspecified atom stereocenters. The number of rotatable bonds is 12. The lowest BCUT2D eigenvalue weighted by Crippen LogP contribution is -2.39. The van der Waals surface area contributed by atoms with Crippen LogP contribution in [0.3, 0.4) is 0 Å². The maximum absolute atomic E-state index is 12.9. The average Bonchev–Trinajstić information content (AvgIpc) is 3.55. The van der Waals surface area contributed by atoms with Crippen LogP contribution in [0.2, 0.25) is 5.02 Å². The number of hydrogen-bond acceptors (Lipinski definition) is 9. The lowest BCUT2D eigenvalue weighted by molar-refractivity contribution is -0.121. The minimum Gasteiger partial charge on any atom is -0.444 e. The van der Waals surface area contributed by atoms with E-state index in [-0.39, 0.29) is 30.9 Å². The Bertz CT molecular complexity index is 1370. The molecule has 3 aromatic rings. The minimum absolute atomic E-state index is 0.136. The van der Waals surface area contributed by atoms with Crippen molar-refractivity contribution >= 4 is 29.4 Å². The zero-order chi connectivity index (χ0) is 28.7. The fourth-order valence-corrected chi connectivity index (χ4v) is 4.16. The van der Waals surface area contributed by atoms with E-state index in [2.05, 4.69) is 31.1 Å². The maximum Gasteiger partial charge on any atom is 0.410 e. The summed E-state index contributed by atoms with van der Waals surface area (Å²) in [4.78, 5) is 44.0. The number of nitrogens with zero attached hydrogens (tertiary/aromatic N) is 7. The maximum atomic E-state index is 12.9. The molecule has 2 amide bonds. The van der Waals surface area contributed by atoms with E-state index in [1.807, 2.05) is 20.8 Å². The number of ether oxygens (including phenoxy) is 1. The van der Waals surface area contributed by atoms with E-state index in [0.29, 0.717) is 48.2 Å². The first-order valence-corrected chi connectivity index (χ1v) is 13.5. The summed E-state index contributed by atoms with van der Waals surface area (Å²) in [6.07, 6.45) is 6.89. The van der Waals surface area contributed by atoms with Gasteiger partial charge in [0.05, 0.1) is 5.69 Å². The van der Waals surface area contributed by atoms with Gasteiger partial charge < -0.3 is 24.8 Å². The van der Waals surface area contributed by atoms with Crippen LogP contribution in [0.1, 0.15) is 45.6 Å². The molecule has 214 valence electrons. The van der Waals surface area contributed by atoms with E-state index in [4.69, 9.17) is 16.3 Å². The van der Waals surface area contributed by atoms with Gasteiger partial charge in [-0.3, -0.25) is 9.59 Å². The average molecular weight is 572 g/mol. The molecular weight excluding hydrogens is 538 g/mol. The van der Waals surface area contributed by atoms with Crippen molar-refractivity contribution in [3.05, 3.63) is 57.9 Å². The zero-order valence-electron chi connectivity index (χ0n) is 22.8. The smallest absolute Gasteiger partial charge is 0.410 e. The second-order valence-corrected chi connectivity index (χ2v) is 11.1. The summed E-state index contributed by atoms with van der Waals surface area (Å²) in [5, 5.41) is 17.5. The predicted molar refractivity (Wildman–Crippen MR) is 148 cm³/mol. The van der Waals surface area contributed by atoms with Gasteiger partial charge in [0.25, 0.3) is 5.56 Å². The van der Waals surface area contributed by atoms with Gasteiger partial charge in [0.15, 0.2) is 5.82 Å². The summed E-state index contributed by atoms with van der Waals surface area (Å²) < 4.78 is 8.30. The molecule has 4 rings (SSSR count). The molecule has 2 N–H and O–H groups in total. The second kappa shape index (κ2) is 12.9. The molecule has 14 heteroatoms. The summed E-state index contributed by atoms with van der Waals surface area (Å²) >= 11 is 6.14. The molecule has 0 saturated heterocycles. The first-order chi connectivity index (χ1) is 19.1. The molecule has 1 aliphatic carbocycles. The van der Waals surface area contributed by atoms with Crippen molar-refractivity contribution in [3.63, 3.8) is 0 Å². The van der Waals surface area contributed by atoms with E-state index in [1.165, 1.54) is 28.0 Å². The van der Waals surface area contributed by atoms with Crippen molar-refractivity contribution in [2.75, 3.05) is 25.0 Å². The number of carbonyl (C=O) groups excluding carboxylic acids is 2. The van der Waals surface area contributed by atoms with Crippen LogP contribution in [0.25, 0.3) is 5.69 Å². The number of aromatic nitrogens is 6. The number of anilines is 1. The van der Waals surface area contributed by atoms with Crippen molar-refractivity contribution in [2.24, 2.45) is 5.92 Å². The number of halogens is 1. The van der Waals surface area contributed by atoms with Crippen molar-refractivity contribution < 1.29 is 14.3 Å². The molecular formula is C26H34ClN9O4. The molecule has 0 radical (unpaired) electrons. The highest BCUT2D eigenvalue weighted by Crippen LogP contribution is 2.30. The molecule has 1 aliphatic rings. The number of hydrogen-bond donors (Lipinski definition) is 2. The van der Waals surface area contributed by atoms with Gasteiger partial charge in [0.2, 0.25) is 5.91 Å². The Balaban J connectivity index is 1.29. The van der Waals surface area contributed by atoms with E-state index >= 15 is 0 Å². The Hall–Kier alpha value is -4.00. The van der Waals surface area contributed by atoms with Crippen molar-refractivity contribution in [3.8, 4) is 5.69 Å². The number of carbonyl (C=O) groups is 2. The number of tetrazole rings is 1. The van der Waals surface area contributed by atoms with Gasteiger partial charge in [0.1, 0.15) is 18.5 Å². The molecule has 40 heavy (non-hydrogen) atoms. The van der Waals surface area contributed by atoms with Gasteiger partial charge in [-0.15, -0.1) is 5.10 Å². The first-order valence-electron chi connectivity index (χ1n) is 13.1. The molecule has 2 heterocycles. The normalized spacial score (nSPS) is 13.1. The Morgan fingerprint density at radius 3 is 2.75 bits per heavy atom. The lowest BCUT2D eigenvalue weighted by atomic mass is 10.1. The van der Waals surface area contributed by atoms with Crippen molar-refractivity contribution in [1.82, 2.24) is 40.0 Å². The highest BCUT2D eigenvalue weighted by molar-refractivity contribution is 6.30. The van der Waals surface area contributed by atoms with Gasteiger partial charge in [-0.25, -0.2) is 14.5 Å². The molecule has 0 spiro atoms. The third kappa shape index (κ3) is 8.50. The summed E-state index contributed by atoms with van der Waals surface area (Å²) in [5.41, 5.74) is 0.397. The van der Waals surface area contributed by atoms with Crippen LogP contribution in [0.4, 0.5) is 10.6 Å². The Morgan fingerprint density at radius 1 is 1.25 bits per heavy atom. The van der Waals surface area contributed by atoms with Gasteiger partial charge in [0, 0.05) is 43.6 Å². The monoisotopic (exact) mass is 571 g/mol.